The van der Waals surface area contributed by atoms with Crippen LogP contribution < -0.4 is 0 Å². The molecular formula is C8H14ClN. The maximum Gasteiger partial charge on any atom is 0.107 e. The topological polar surface area (TPSA) is 3.24 Å². The van der Waals surface area contributed by atoms with Gasteiger partial charge < -0.3 is 4.90 Å². The first-order chi connectivity index (χ1) is 4.46. The number of nitrogens with zero attached hydrogens (tertiary/aromatic N) is 1. The summed E-state index contributed by atoms with van der Waals surface area (Å²) in [7, 11) is 3.82. The van der Waals surface area contributed by atoms with E-state index in [9.17, 15) is 0 Å². The molecule has 0 aromatic carbocycles. The fourth-order valence-corrected chi connectivity index (χ4v) is 0.673. The minimum absolute atomic E-state index is 0.757. The summed E-state index contributed by atoms with van der Waals surface area (Å²) in [5, 5.41) is 0.757. The molecule has 0 amide bonds. The van der Waals surface area contributed by atoms with Gasteiger partial charge >= 0.3 is 0 Å². The number of rotatable bonds is 2. The van der Waals surface area contributed by atoms with Crippen molar-refractivity contribution in [1.82, 2.24) is 4.90 Å². The third-order valence-corrected chi connectivity index (χ3v) is 1.96. The second-order valence-electron chi connectivity index (χ2n) is 2.59. The molecule has 0 saturated carbocycles. The van der Waals surface area contributed by atoms with Gasteiger partial charge in [-0.2, -0.15) is 0 Å². The van der Waals surface area contributed by atoms with E-state index in [4.69, 9.17) is 11.6 Å². The van der Waals surface area contributed by atoms with Crippen LogP contribution in [-0.4, -0.2) is 19.0 Å². The molecule has 0 fully saturated rings. The van der Waals surface area contributed by atoms with Crippen LogP contribution in [0.2, 0.25) is 0 Å². The third-order valence-electron chi connectivity index (χ3n) is 1.34. The average molecular weight is 160 g/mol. The van der Waals surface area contributed by atoms with E-state index in [-0.39, 0.29) is 0 Å². The Kier molecular flexibility index (Phi) is 3.51. The van der Waals surface area contributed by atoms with Gasteiger partial charge in [0.15, 0.2) is 0 Å². The van der Waals surface area contributed by atoms with Crippen LogP contribution in [0.15, 0.2) is 22.9 Å². The van der Waals surface area contributed by atoms with Crippen molar-refractivity contribution >= 4 is 11.6 Å². The number of allylic oxidation sites excluding steroid dienone is 2. The van der Waals surface area contributed by atoms with E-state index in [2.05, 4.69) is 6.58 Å². The largest absolute Gasteiger partial charge is 0.368 e. The molecule has 2 heteroatoms. The van der Waals surface area contributed by atoms with E-state index in [1.807, 2.05) is 32.8 Å². The fourth-order valence-electron chi connectivity index (χ4n) is 0.511. The van der Waals surface area contributed by atoms with E-state index in [0.29, 0.717) is 0 Å². The minimum Gasteiger partial charge on any atom is -0.368 e. The normalized spacial score (nSPS) is 12.5. The van der Waals surface area contributed by atoms with Crippen molar-refractivity contribution in [2.75, 3.05) is 14.1 Å². The second-order valence-corrected chi connectivity index (χ2v) is 2.95. The molecule has 0 unspecified atom stereocenters. The van der Waals surface area contributed by atoms with Gasteiger partial charge in [0, 0.05) is 14.1 Å². The highest BCUT2D eigenvalue weighted by atomic mass is 35.5. The Bertz CT molecular complexity index is 168. The molecule has 0 atom stereocenters. The van der Waals surface area contributed by atoms with Crippen molar-refractivity contribution in [2.24, 2.45) is 0 Å². The zero-order chi connectivity index (χ0) is 8.31. The Labute approximate surface area is 68.0 Å². The van der Waals surface area contributed by atoms with Crippen molar-refractivity contribution in [1.29, 1.82) is 0 Å². The van der Waals surface area contributed by atoms with Crippen LogP contribution in [0.3, 0.4) is 0 Å². The summed E-state index contributed by atoms with van der Waals surface area (Å²) in [6, 6.07) is 0. The molecule has 1 nitrogen and oxygen atoms in total. The molecule has 0 heterocycles. The summed E-state index contributed by atoms with van der Waals surface area (Å²) in [5.41, 5.74) is 2.06. The molecule has 10 heavy (non-hydrogen) atoms. The molecule has 0 bridgehead atoms. The van der Waals surface area contributed by atoms with Crippen LogP contribution in [0, 0.1) is 0 Å². The molecule has 0 aromatic heterocycles. The van der Waals surface area contributed by atoms with Crippen molar-refractivity contribution in [2.45, 2.75) is 13.8 Å². The molecule has 58 valence electrons. The van der Waals surface area contributed by atoms with Gasteiger partial charge in [-0.3, -0.25) is 0 Å². The number of hydrogen-bond acceptors (Lipinski definition) is 1. The number of halogens is 1. The molecular weight excluding hydrogens is 146 g/mol. The number of hydrogen-bond donors (Lipinski definition) is 0. The Balaban J connectivity index is 4.50. The fraction of sp³-hybridized carbons (Fsp3) is 0.500. The summed E-state index contributed by atoms with van der Waals surface area (Å²) < 4.78 is 0. The predicted octanol–water partition coefficient (Wildman–Crippen LogP) is 2.59. The molecule has 0 aliphatic carbocycles. The highest BCUT2D eigenvalue weighted by Crippen LogP contribution is 2.16. The lowest BCUT2D eigenvalue weighted by Crippen LogP contribution is -2.08. The second kappa shape index (κ2) is 3.67. The highest BCUT2D eigenvalue weighted by Gasteiger charge is 2.00. The highest BCUT2D eigenvalue weighted by molar-refractivity contribution is 6.29. The first-order valence-electron chi connectivity index (χ1n) is 3.16. The van der Waals surface area contributed by atoms with Crippen molar-refractivity contribution in [3.63, 3.8) is 0 Å². The Morgan fingerprint density at radius 2 is 1.70 bits per heavy atom. The lowest BCUT2D eigenvalue weighted by atomic mass is 10.2. The van der Waals surface area contributed by atoms with Crippen LogP contribution in [0.1, 0.15) is 13.8 Å². The van der Waals surface area contributed by atoms with Gasteiger partial charge in [-0.15, -0.1) is 0 Å². The van der Waals surface area contributed by atoms with E-state index in [1.165, 1.54) is 0 Å². The molecule has 0 radical (unpaired) electrons. The SMILES string of the molecule is C=C(C)/C(C)=C(\Cl)N(C)C. The Morgan fingerprint density at radius 3 is 1.80 bits per heavy atom. The summed E-state index contributed by atoms with van der Waals surface area (Å²) >= 11 is 5.91. The van der Waals surface area contributed by atoms with Crippen LogP contribution in [0.25, 0.3) is 0 Å². The molecule has 0 aliphatic heterocycles. The van der Waals surface area contributed by atoms with Gasteiger partial charge in [-0.05, 0) is 19.4 Å². The molecule has 0 rings (SSSR count). The van der Waals surface area contributed by atoms with Crippen LogP contribution in [0.5, 0.6) is 0 Å². The molecule has 0 aliphatic rings. The van der Waals surface area contributed by atoms with Crippen LogP contribution in [-0.2, 0) is 0 Å². The zero-order valence-electron chi connectivity index (χ0n) is 7.03. The monoisotopic (exact) mass is 159 g/mol. The Morgan fingerprint density at radius 1 is 1.30 bits per heavy atom. The molecule has 0 N–H and O–H groups in total. The molecule has 0 saturated heterocycles. The average Bonchev–Trinajstić information content (AvgIpc) is 1.84. The molecule has 0 spiro atoms. The Hall–Kier alpha value is -0.430. The maximum absolute atomic E-state index is 5.91. The van der Waals surface area contributed by atoms with E-state index < -0.39 is 0 Å². The van der Waals surface area contributed by atoms with Crippen LogP contribution in [0.4, 0.5) is 0 Å². The summed E-state index contributed by atoms with van der Waals surface area (Å²) in [5.74, 6) is 0. The van der Waals surface area contributed by atoms with Gasteiger partial charge in [-0.1, -0.05) is 23.8 Å². The van der Waals surface area contributed by atoms with Gasteiger partial charge in [0.25, 0.3) is 0 Å². The zero-order valence-corrected chi connectivity index (χ0v) is 7.79. The van der Waals surface area contributed by atoms with Crippen molar-refractivity contribution in [3.05, 3.63) is 22.9 Å². The van der Waals surface area contributed by atoms with Crippen molar-refractivity contribution in [3.8, 4) is 0 Å². The third kappa shape index (κ3) is 2.44. The minimum atomic E-state index is 0.757. The van der Waals surface area contributed by atoms with E-state index >= 15 is 0 Å². The standard InChI is InChI=1S/C8H14ClN/c1-6(2)7(3)8(9)10(4)5/h1H2,2-5H3/b8-7+. The summed E-state index contributed by atoms with van der Waals surface area (Å²) in [6.07, 6.45) is 0. The van der Waals surface area contributed by atoms with Gasteiger partial charge in [0.1, 0.15) is 5.16 Å². The van der Waals surface area contributed by atoms with E-state index in [1.54, 1.807) is 0 Å². The smallest absolute Gasteiger partial charge is 0.107 e. The van der Waals surface area contributed by atoms with E-state index in [0.717, 1.165) is 16.3 Å². The quantitative estimate of drug-likeness (QED) is 0.442. The summed E-state index contributed by atoms with van der Waals surface area (Å²) in [4.78, 5) is 1.87. The van der Waals surface area contributed by atoms with Crippen molar-refractivity contribution < 1.29 is 0 Å². The van der Waals surface area contributed by atoms with Gasteiger partial charge in [0.2, 0.25) is 0 Å². The predicted molar refractivity (Wildman–Crippen MR) is 47.1 cm³/mol. The van der Waals surface area contributed by atoms with Gasteiger partial charge in [0.05, 0.1) is 0 Å². The van der Waals surface area contributed by atoms with Crippen LogP contribution >= 0.6 is 11.6 Å². The lowest BCUT2D eigenvalue weighted by Gasteiger charge is -2.13. The lowest BCUT2D eigenvalue weighted by molar-refractivity contribution is 0.542. The summed E-state index contributed by atoms with van der Waals surface area (Å²) in [6.45, 7) is 7.70. The first kappa shape index (κ1) is 9.57. The molecule has 0 aromatic rings. The van der Waals surface area contributed by atoms with Gasteiger partial charge in [-0.25, -0.2) is 0 Å². The first-order valence-corrected chi connectivity index (χ1v) is 3.54. The maximum atomic E-state index is 5.91.